The van der Waals surface area contributed by atoms with E-state index in [1.54, 1.807) is 19.5 Å². The van der Waals surface area contributed by atoms with Crippen molar-refractivity contribution in [2.45, 2.75) is 6.61 Å². The minimum atomic E-state index is 0.487. The van der Waals surface area contributed by atoms with E-state index >= 15 is 0 Å². The standard InChI is InChI=1S/C8H8BrN3O/c1-13-4-7-11-6-3-10-2-5(9)8(6)12-7/h2-3H,4H2,1H3,(H,11,12). The van der Waals surface area contributed by atoms with E-state index in [0.717, 1.165) is 21.3 Å². The molecule has 0 aromatic carbocycles. The molecular formula is C8H8BrN3O. The van der Waals surface area contributed by atoms with Crippen molar-refractivity contribution in [1.82, 2.24) is 15.0 Å². The molecule has 13 heavy (non-hydrogen) atoms. The number of nitrogens with zero attached hydrogens (tertiary/aromatic N) is 2. The molecule has 0 radical (unpaired) electrons. The molecule has 0 bridgehead atoms. The maximum Gasteiger partial charge on any atom is 0.133 e. The third-order valence-electron chi connectivity index (χ3n) is 1.68. The molecule has 0 aliphatic carbocycles. The number of aromatic amines is 1. The van der Waals surface area contributed by atoms with Crippen LogP contribution in [0.2, 0.25) is 0 Å². The van der Waals surface area contributed by atoms with E-state index in [4.69, 9.17) is 4.74 Å². The number of halogens is 1. The number of aromatic nitrogens is 3. The molecule has 4 nitrogen and oxygen atoms in total. The van der Waals surface area contributed by atoms with E-state index in [1.165, 1.54) is 0 Å². The molecule has 0 saturated carbocycles. The van der Waals surface area contributed by atoms with Gasteiger partial charge in [0.05, 0.1) is 16.2 Å². The molecule has 0 unspecified atom stereocenters. The molecular weight excluding hydrogens is 234 g/mol. The molecule has 0 amide bonds. The van der Waals surface area contributed by atoms with Crippen LogP contribution in [0.15, 0.2) is 16.9 Å². The van der Waals surface area contributed by atoms with Gasteiger partial charge in [-0.1, -0.05) is 0 Å². The zero-order valence-corrected chi connectivity index (χ0v) is 8.63. The van der Waals surface area contributed by atoms with E-state index in [9.17, 15) is 0 Å². The number of imidazole rings is 1. The van der Waals surface area contributed by atoms with Gasteiger partial charge in [-0.2, -0.15) is 0 Å². The fourth-order valence-electron chi connectivity index (χ4n) is 1.16. The van der Waals surface area contributed by atoms with Crippen molar-refractivity contribution < 1.29 is 4.74 Å². The van der Waals surface area contributed by atoms with Gasteiger partial charge in [0.15, 0.2) is 0 Å². The van der Waals surface area contributed by atoms with Gasteiger partial charge in [-0.05, 0) is 15.9 Å². The van der Waals surface area contributed by atoms with Gasteiger partial charge in [-0.15, -0.1) is 0 Å². The predicted molar refractivity (Wildman–Crippen MR) is 52.3 cm³/mol. The van der Waals surface area contributed by atoms with Crippen molar-refractivity contribution in [3.63, 3.8) is 0 Å². The first-order valence-electron chi connectivity index (χ1n) is 3.78. The van der Waals surface area contributed by atoms with E-state index < -0.39 is 0 Å². The molecule has 2 aromatic heterocycles. The van der Waals surface area contributed by atoms with E-state index in [1.807, 2.05) is 0 Å². The molecule has 68 valence electrons. The maximum absolute atomic E-state index is 4.97. The second-order valence-electron chi connectivity index (χ2n) is 2.63. The summed E-state index contributed by atoms with van der Waals surface area (Å²) in [4.78, 5) is 11.5. The third-order valence-corrected chi connectivity index (χ3v) is 2.26. The Balaban J connectivity index is 2.55. The Bertz CT molecular complexity index is 426. The number of rotatable bonds is 2. The molecule has 0 spiro atoms. The number of H-pyrrole nitrogens is 1. The zero-order chi connectivity index (χ0) is 9.26. The van der Waals surface area contributed by atoms with Crippen LogP contribution in [-0.2, 0) is 11.3 Å². The summed E-state index contributed by atoms with van der Waals surface area (Å²) in [5, 5.41) is 0. The Labute approximate surface area is 83.5 Å². The van der Waals surface area contributed by atoms with Crippen LogP contribution in [-0.4, -0.2) is 22.1 Å². The Morgan fingerprint density at radius 1 is 1.54 bits per heavy atom. The zero-order valence-electron chi connectivity index (χ0n) is 7.04. The lowest BCUT2D eigenvalue weighted by atomic mass is 10.4. The van der Waals surface area contributed by atoms with Gasteiger partial charge in [-0.3, -0.25) is 4.98 Å². The van der Waals surface area contributed by atoms with E-state index in [0.29, 0.717) is 6.61 Å². The van der Waals surface area contributed by atoms with Crippen molar-refractivity contribution in [3.05, 3.63) is 22.7 Å². The van der Waals surface area contributed by atoms with Crippen molar-refractivity contribution >= 4 is 27.0 Å². The van der Waals surface area contributed by atoms with Gasteiger partial charge in [-0.25, -0.2) is 4.98 Å². The van der Waals surface area contributed by atoms with Crippen molar-refractivity contribution in [3.8, 4) is 0 Å². The van der Waals surface area contributed by atoms with Gasteiger partial charge in [0.1, 0.15) is 17.9 Å². The summed E-state index contributed by atoms with van der Waals surface area (Å²) in [5.41, 5.74) is 1.81. The topological polar surface area (TPSA) is 50.8 Å². The van der Waals surface area contributed by atoms with Gasteiger partial charge in [0, 0.05) is 13.3 Å². The SMILES string of the molecule is COCc1nc2c(Br)cncc2[nH]1. The second-order valence-corrected chi connectivity index (χ2v) is 3.49. The number of ether oxygens (including phenoxy) is 1. The molecule has 5 heteroatoms. The molecule has 0 saturated heterocycles. The lowest BCUT2D eigenvalue weighted by Gasteiger charge is -1.89. The number of pyridine rings is 1. The fourth-order valence-corrected chi connectivity index (χ4v) is 1.58. The number of hydrogen-bond acceptors (Lipinski definition) is 3. The number of hydrogen-bond donors (Lipinski definition) is 1. The summed E-state index contributed by atoms with van der Waals surface area (Å²) in [7, 11) is 1.64. The molecule has 0 aliphatic rings. The van der Waals surface area contributed by atoms with Crippen molar-refractivity contribution in [2.75, 3.05) is 7.11 Å². The van der Waals surface area contributed by atoms with Gasteiger partial charge < -0.3 is 9.72 Å². The number of fused-ring (bicyclic) bond motifs is 1. The highest BCUT2D eigenvalue weighted by atomic mass is 79.9. The highest BCUT2D eigenvalue weighted by molar-refractivity contribution is 9.10. The summed E-state index contributed by atoms with van der Waals surface area (Å²) in [5.74, 6) is 0.811. The van der Waals surface area contributed by atoms with Gasteiger partial charge in [0.25, 0.3) is 0 Å². The lowest BCUT2D eigenvalue weighted by molar-refractivity contribution is 0.179. The quantitative estimate of drug-likeness (QED) is 0.874. The van der Waals surface area contributed by atoms with Crippen LogP contribution >= 0.6 is 15.9 Å². The van der Waals surface area contributed by atoms with Crippen molar-refractivity contribution in [1.29, 1.82) is 0 Å². The van der Waals surface area contributed by atoms with Crippen LogP contribution in [0.1, 0.15) is 5.82 Å². The molecule has 2 heterocycles. The Morgan fingerprint density at radius 2 is 2.38 bits per heavy atom. The largest absolute Gasteiger partial charge is 0.377 e. The molecule has 2 aromatic rings. The van der Waals surface area contributed by atoms with Crippen LogP contribution in [0.5, 0.6) is 0 Å². The maximum atomic E-state index is 4.97. The minimum absolute atomic E-state index is 0.487. The predicted octanol–water partition coefficient (Wildman–Crippen LogP) is 1.87. The van der Waals surface area contributed by atoms with Gasteiger partial charge in [0.2, 0.25) is 0 Å². The smallest absolute Gasteiger partial charge is 0.133 e. The molecule has 2 rings (SSSR count). The first kappa shape index (κ1) is 8.65. The monoisotopic (exact) mass is 241 g/mol. The van der Waals surface area contributed by atoms with Crippen molar-refractivity contribution in [2.24, 2.45) is 0 Å². The second kappa shape index (κ2) is 3.43. The summed E-state index contributed by atoms with van der Waals surface area (Å²) in [6, 6.07) is 0. The third kappa shape index (κ3) is 1.57. The fraction of sp³-hybridized carbons (Fsp3) is 0.250. The number of methoxy groups -OCH3 is 1. The lowest BCUT2D eigenvalue weighted by Crippen LogP contribution is -1.88. The van der Waals surface area contributed by atoms with Crippen LogP contribution in [0.4, 0.5) is 0 Å². The summed E-state index contributed by atoms with van der Waals surface area (Å²) in [6.45, 7) is 0.487. The summed E-state index contributed by atoms with van der Waals surface area (Å²) < 4.78 is 5.86. The van der Waals surface area contributed by atoms with E-state index in [2.05, 4.69) is 30.9 Å². The van der Waals surface area contributed by atoms with Gasteiger partial charge >= 0.3 is 0 Å². The number of nitrogens with one attached hydrogen (secondary N) is 1. The molecule has 0 aliphatic heterocycles. The highest BCUT2D eigenvalue weighted by Gasteiger charge is 2.04. The first-order chi connectivity index (χ1) is 6.31. The van der Waals surface area contributed by atoms with Crippen LogP contribution < -0.4 is 0 Å². The Kier molecular flexibility index (Phi) is 2.28. The highest BCUT2D eigenvalue weighted by Crippen LogP contribution is 2.19. The van der Waals surface area contributed by atoms with Crippen LogP contribution in [0.25, 0.3) is 11.0 Å². The van der Waals surface area contributed by atoms with Crippen LogP contribution in [0.3, 0.4) is 0 Å². The normalized spacial score (nSPS) is 10.9. The van der Waals surface area contributed by atoms with E-state index in [-0.39, 0.29) is 0 Å². The Morgan fingerprint density at radius 3 is 3.08 bits per heavy atom. The minimum Gasteiger partial charge on any atom is -0.377 e. The molecule has 0 atom stereocenters. The molecule has 0 fully saturated rings. The van der Waals surface area contributed by atoms with Crippen LogP contribution in [0, 0.1) is 0 Å². The summed E-state index contributed by atoms with van der Waals surface area (Å²) >= 11 is 3.38. The average Bonchev–Trinajstić information content (AvgIpc) is 2.49. The molecule has 1 N–H and O–H groups in total. The average molecular weight is 242 g/mol. The Hall–Kier alpha value is -0.940. The first-order valence-corrected chi connectivity index (χ1v) is 4.57. The summed E-state index contributed by atoms with van der Waals surface area (Å²) in [6.07, 6.45) is 3.46.